The first-order valence-corrected chi connectivity index (χ1v) is 16.4. The van der Waals surface area contributed by atoms with Crippen molar-refractivity contribution < 1.29 is 11.3 Å². The molecule has 9 aromatic carbocycles. The zero-order chi connectivity index (χ0) is 36.7. The van der Waals surface area contributed by atoms with Crippen LogP contribution in [-0.2, 0) is 0 Å². The van der Waals surface area contributed by atoms with E-state index in [9.17, 15) is 0 Å². The quantitative estimate of drug-likeness (QED) is 0.177. The zero-order valence-corrected chi connectivity index (χ0v) is 26.3. The molecule has 10 aromatic rings. The first-order chi connectivity index (χ1) is 26.4. The third-order valence-corrected chi connectivity index (χ3v) is 9.72. The molecule has 1 heteroatoms. The maximum absolute atomic E-state index is 8.51. The third-order valence-electron chi connectivity index (χ3n) is 9.72. The van der Waals surface area contributed by atoms with E-state index in [2.05, 4.69) is 121 Å². The van der Waals surface area contributed by atoms with Crippen molar-refractivity contribution in [3.05, 3.63) is 182 Å². The van der Waals surface area contributed by atoms with E-state index in [1.807, 2.05) is 30.3 Å². The van der Waals surface area contributed by atoms with Crippen LogP contribution in [0.3, 0.4) is 0 Å². The van der Waals surface area contributed by atoms with Crippen molar-refractivity contribution in [2.45, 2.75) is 0 Å². The summed E-state index contributed by atoms with van der Waals surface area (Å²) in [7, 11) is 0. The van der Waals surface area contributed by atoms with Gasteiger partial charge in [0.25, 0.3) is 0 Å². The minimum absolute atomic E-state index is 0.197. The number of fused-ring (bicyclic) bond motifs is 6. The van der Waals surface area contributed by atoms with Crippen LogP contribution in [-0.4, -0.2) is 0 Å². The Morgan fingerprint density at radius 2 is 0.980 bits per heavy atom. The maximum atomic E-state index is 8.51. The average Bonchev–Trinajstić information content (AvgIpc) is 3.58. The molecule has 0 saturated heterocycles. The lowest BCUT2D eigenvalue weighted by atomic mass is 9.84. The minimum Gasteiger partial charge on any atom is -0.456 e. The molecule has 0 unspecified atom stereocenters. The molecular weight excluding hydrogens is 593 g/mol. The molecule has 1 heterocycles. The molecule has 0 aliphatic carbocycles. The molecule has 0 amide bonds. The summed E-state index contributed by atoms with van der Waals surface area (Å²) in [6.07, 6.45) is 0. The fourth-order valence-corrected chi connectivity index (χ4v) is 7.52. The molecule has 1 aromatic heterocycles. The van der Waals surface area contributed by atoms with Crippen molar-refractivity contribution in [2.24, 2.45) is 0 Å². The zero-order valence-electron chi connectivity index (χ0n) is 31.3. The van der Waals surface area contributed by atoms with Gasteiger partial charge in [-0.3, -0.25) is 0 Å². The number of benzene rings is 9. The molecular formula is C48H30O. The standard InChI is InChI=1S/C48H30O/c1-3-12-31(13-4-1)33-22-24-34(25-23-33)46-38-16-7-9-18-40(38)47(41-19-10-8-17-39(41)46)42-20-11-21-44-48(42)43-29-36-27-26-35(32-14-5-2-6-15-32)28-37(36)30-45(43)49-44/h1-30H/i1D,3D,4D,12D,13D. The molecule has 0 radical (unpaired) electrons. The SMILES string of the molecule is [2H]c1c([2H])c([2H])c(-c2ccc(-c3c4ccccc4c(-c4cccc5oc6cc7cc(-c8ccccc8)ccc7cc6c45)c4ccccc34)cc2)c([2H])c1[2H]. The Morgan fingerprint density at radius 1 is 0.367 bits per heavy atom. The van der Waals surface area contributed by atoms with Gasteiger partial charge in [-0.1, -0.05) is 158 Å². The van der Waals surface area contributed by atoms with Gasteiger partial charge < -0.3 is 4.42 Å². The van der Waals surface area contributed by atoms with Crippen molar-refractivity contribution in [1.29, 1.82) is 0 Å². The van der Waals surface area contributed by atoms with Crippen LogP contribution in [0, 0.1) is 0 Å². The van der Waals surface area contributed by atoms with Gasteiger partial charge in [-0.25, -0.2) is 0 Å². The Hall–Kier alpha value is -6.44. The van der Waals surface area contributed by atoms with Crippen molar-refractivity contribution in [2.75, 3.05) is 0 Å². The summed E-state index contributed by atoms with van der Waals surface area (Å²) < 4.78 is 48.0. The predicted octanol–water partition coefficient (Wildman–Crippen LogP) is 13.7. The lowest BCUT2D eigenvalue weighted by Gasteiger charge is -2.18. The first-order valence-electron chi connectivity index (χ1n) is 18.9. The normalized spacial score (nSPS) is 13.1. The Labute approximate surface area is 291 Å². The highest BCUT2D eigenvalue weighted by Crippen LogP contribution is 2.47. The van der Waals surface area contributed by atoms with E-state index in [-0.39, 0.29) is 29.7 Å². The second-order valence-electron chi connectivity index (χ2n) is 12.5. The van der Waals surface area contributed by atoms with Crippen LogP contribution in [0.5, 0.6) is 0 Å². The van der Waals surface area contributed by atoms with E-state index in [0.29, 0.717) is 5.56 Å². The summed E-state index contributed by atoms with van der Waals surface area (Å²) in [4.78, 5) is 0. The van der Waals surface area contributed by atoms with Crippen LogP contribution in [0.4, 0.5) is 0 Å². The molecule has 0 N–H and O–H groups in total. The van der Waals surface area contributed by atoms with Crippen LogP contribution in [0.25, 0.3) is 98.8 Å². The van der Waals surface area contributed by atoms with E-state index < -0.39 is 6.04 Å². The largest absolute Gasteiger partial charge is 0.456 e. The van der Waals surface area contributed by atoms with Crippen molar-refractivity contribution >= 4 is 54.3 Å². The van der Waals surface area contributed by atoms with Crippen LogP contribution >= 0.6 is 0 Å². The van der Waals surface area contributed by atoms with Gasteiger partial charge in [0, 0.05) is 10.8 Å². The van der Waals surface area contributed by atoms with Gasteiger partial charge in [0.2, 0.25) is 0 Å². The van der Waals surface area contributed by atoms with Gasteiger partial charge in [0.05, 0.1) is 6.85 Å². The molecule has 10 rings (SSSR count). The fourth-order valence-electron chi connectivity index (χ4n) is 7.52. The smallest absolute Gasteiger partial charge is 0.136 e. The third kappa shape index (κ3) is 4.47. The van der Waals surface area contributed by atoms with E-state index in [0.717, 1.165) is 76.5 Å². The predicted molar refractivity (Wildman–Crippen MR) is 208 cm³/mol. The number of hydrogen-bond donors (Lipinski definition) is 0. The average molecular weight is 628 g/mol. The Kier molecular flexibility index (Phi) is 5.20. The van der Waals surface area contributed by atoms with Crippen molar-refractivity contribution in [1.82, 2.24) is 0 Å². The summed E-state index contributed by atoms with van der Waals surface area (Å²) in [5.74, 6) is 0. The van der Waals surface area contributed by atoms with Gasteiger partial charge in [-0.05, 0) is 101 Å². The highest BCUT2D eigenvalue weighted by molar-refractivity contribution is 6.26. The van der Waals surface area contributed by atoms with Crippen LogP contribution in [0.2, 0.25) is 0 Å². The topological polar surface area (TPSA) is 13.1 Å². The molecule has 0 saturated carbocycles. The summed E-state index contributed by atoms with van der Waals surface area (Å²) in [5, 5.41) is 8.82. The second kappa shape index (κ2) is 11.1. The molecule has 0 aliphatic heterocycles. The Balaban J connectivity index is 1.18. The van der Waals surface area contributed by atoms with E-state index in [4.69, 9.17) is 11.3 Å². The van der Waals surface area contributed by atoms with Crippen LogP contribution in [0.1, 0.15) is 6.85 Å². The summed E-state index contributed by atoms with van der Waals surface area (Å²) in [5.41, 5.74) is 9.07. The van der Waals surface area contributed by atoms with Gasteiger partial charge in [-0.2, -0.15) is 0 Å². The summed E-state index contributed by atoms with van der Waals surface area (Å²) in [6.45, 7) is 0. The molecule has 0 aliphatic rings. The minimum atomic E-state index is -0.395. The van der Waals surface area contributed by atoms with E-state index >= 15 is 0 Å². The summed E-state index contributed by atoms with van der Waals surface area (Å²) in [6, 6.07) is 50.9. The highest BCUT2D eigenvalue weighted by atomic mass is 16.3. The van der Waals surface area contributed by atoms with Crippen molar-refractivity contribution in [3.63, 3.8) is 0 Å². The summed E-state index contributed by atoms with van der Waals surface area (Å²) >= 11 is 0. The van der Waals surface area contributed by atoms with E-state index in [1.54, 1.807) is 0 Å². The second-order valence-corrected chi connectivity index (χ2v) is 12.5. The van der Waals surface area contributed by atoms with Gasteiger partial charge in [0.15, 0.2) is 0 Å². The maximum Gasteiger partial charge on any atom is 0.136 e. The van der Waals surface area contributed by atoms with Crippen molar-refractivity contribution in [3.8, 4) is 44.5 Å². The first kappa shape index (κ1) is 23.0. The monoisotopic (exact) mass is 627 g/mol. The van der Waals surface area contributed by atoms with Gasteiger partial charge in [0.1, 0.15) is 11.2 Å². The van der Waals surface area contributed by atoms with Gasteiger partial charge in [-0.15, -0.1) is 0 Å². The Morgan fingerprint density at radius 3 is 1.69 bits per heavy atom. The molecule has 228 valence electrons. The molecule has 0 fully saturated rings. The van der Waals surface area contributed by atoms with Gasteiger partial charge >= 0.3 is 0 Å². The van der Waals surface area contributed by atoms with Crippen LogP contribution < -0.4 is 0 Å². The Bertz CT molecular complexity index is 3060. The number of furan rings is 1. The van der Waals surface area contributed by atoms with Crippen LogP contribution in [0.15, 0.2) is 186 Å². The molecule has 0 atom stereocenters. The molecule has 1 nitrogen and oxygen atoms in total. The highest BCUT2D eigenvalue weighted by Gasteiger charge is 2.20. The number of hydrogen-bond acceptors (Lipinski definition) is 1. The molecule has 0 bridgehead atoms. The fraction of sp³-hybridized carbons (Fsp3) is 0. The molecule has 49 heavy (non-hydrogen) atoms. The molecule has 0 spiro atoms. The lowest BCUT2D eigenvalue weighted by Crippen LogP contribution is -1.91. The number of rotatable bonds is 4. The lowest BCUT2D eigenvalue weighted by molar-refractivity contribution is 0.669. The van der Waals surface area contributed by atoms with E-state index in [1.165, 1.54) is 11.1 Å².